The number of benzene rings is 2. The second-order valence-corrected chi connectivity index (χ2v) is 18.1. The van der Waals surface area contributed by atoms with Crippen LogP contribution in [-0.4, -0.2) is 112 Å². The van der Waals surface area contributed by atoms with Crippen LogP contribution in [0, 0.1) is 38.5 Å². The van der Waals surface area contributed by atoms with Crippen molar-refractivity contribution in [2.75, 3.05) is 75.7 Å². The highest BCUT2D eigenvalue weighted by Gasteiger charge is 2.44. The highest BCUT2D eigenvalue weighted by Crippen LogP contribution is 2.29. The molecule has 0 saturated carbocycles. The summed E-state index contributed by atoms with van der Waals surface area (Å²) in [6, 6.07) is 18.0. The predicted molar refractivity (Wildman–Crippen MR) is 242 cm³/mol. The molecular formula is C48H48N4O10S2. The number of carbonyl (C=O) groups is 6. The quantitative estimate of drug-likeness (QED) is 0.197. The van der Waals surface area contributed by atoms with Gasteiger partial charge in [-0.2, -0.15) is 0 Å². The number of rotatable bonds is 12. The molecule has 0 aliphatic carbocycles. The molecule has 2 aromatic heterocycles. The molecule has 2 N–H and O–H groups in total. The van der Waals surface area contributed by atoms with E-state index in [0.29, 0.717) is 71.9 Å². The Balaban J connectivity index is 0.000000191. The number of anilines is 2. The second-order valence-electron chi connectivity index (χ2n) is 15.9. The Hall–Kier alpha value is -5.98. The molecule has 0 unspecified atom stereocenters. The summed E-state index contributed by atoms with van der Waals surface area (Å²) in [5.41, 5.74) is 2.98. The van der Waals surface area contributed by atoms with Crippen molar-refractivity contribution in [3.63, 3.8) is 0 Å². The van der Waals surface area contributed by atoms with Gasteiger partial charge in [-0.05, 0) is 72.5 Å². The summed E-state index contributed by atoms with van der Waals surface area (Å²) in [7, 11) is 0. The molecule has 0 radical (unpaired) electrons. The lowest BCUT2D eigenvalue weighted by atomic mass is 9.88. The summed E-state index contributed by atoms with van der Waals surface area (Å²) in [5.74, 6) is 4.01. The fraction of sp³-hybridized carbons (Fsp3) is 0.375. The van der Waals surface area contributed by atoms with E-state index < -0.39 is 11.1 Å². The molecule has 0 spiro atoms. The van der Waals surface area contributed by atoms with E-state index in [1.807, 2.05) is 50.2 Å². The molecule has 4 amide bonds. The van der Waals surface area contributed by atoms with Crippen molar-refractivity contribution in [1.82, 2.24) is 10.6 Å². The minimum atomic E-state index is -1.07. The van der Waals surface area contributed by atoms with Gasteiger partial charge in [0, 0.05) is 63.4 Å². The zero-order valence-electron chi connectivity index (χ0n) is 35.6. The van der Waals surface area contributed by atoms with Gasteiger partial charge in [-0.3, -0.25) is 28.8 Å². The molecule has 0 bridgehead atoms. The predicted octanol–water partition coefficient (Wildman–Crippen LogP) is 4.20. The molecule has 2 atom stereocenters. The van der Waals surface area contributed by atoms with E-state index in [-0.39, 0.29) is 74.5 Å². The SMILES string of the molecule is C#Cc1ccc(C(=O)N[C@@]2(C(=O)Cc3ccc(N4CCOCC4=O)c(C)c3)CCOC2)s1.C#Cc1ccc(C(=O)N[C@]2(C(=O)Cc3ccc(N4CCOCC4=O)c(C)c3)CCOC2)s1. The van der Waals surface area contributed by atoms with Gasteiger partial charge in [0.05, 0.1) is 45.9 Å². The van der Waals surface area contributed by atoms with Crippen LogP contribution in [0.3, 0.4) is 0 Å². The van der Waals surface area contributed by atoms with E-state index in [4.69, 9.17) is 31.8 Å². The van der Waals surface area contributed by atoms with Gasteiger partial charge in [-0.25, -0.2) is 0 Å². The number of carbonyl (C=O) groups excluding carboxylic acids is 6. The topological polar surface area (TPSA) is 170 Å². The first kappa shape index (κ1) is 46.0. The largest absolute Gasteiger partial charge is 0.378 e. The molecule has 16 heteroatoms. The summed E-state index contributed by atoms with van der Waals surface area (Å²) >= 11 is 2.43. The average Bonchev–Trinajstić information content (AvgIpc) is 4.14. The van der Waals surface area contributed by atoms with Crippen LogP contribution >= 0.6 is 22.7 Å². The monoisotopic (exact) mass is 904 g/mol. The molecule has 4 aromatic rings. The van der Waals surface area contributed by atoms with Gasteiger partial charge in [0.15, 0.2) is 11.6 Å². The van der Waals surface area contributed by atoms with Crippen molar-refractivity contribution in [3.05, 3.63) is 102 Å². The van der Waals surface area contributed by atoms with E-state index in [0.717, 1.165) is 33.6 Å². The normalized spacial score (nSPS) is 20.8. The van der Waals surface area contributed by atoms with Crippen molar-refractivity contribution in [3.8, 4) is 24.7 Å². The van der Waals surface area contributed by atoms with Crippen molar-refractivity contribution in [1.29, 1.82) is 0 Å². The van der Waals surface area contributed by atoms with Gasteiger partial charge < -0.3 is 39.4 Å². The summed E-state index contributed by atoms with van der Waals surface area (Å²) in [4.78, 5) is 82.1. The number of terminal acetylenes is 2. The number of amides is 4. The summed E-state index contributed by atoms with van der Waals surface area (Å²) in [6.07, 6.45) is 11.9. The zero-order chi connectivity index (χ0) is 45.4. The Morgan fingerprint density at radius 3 is 1.38 bits per heavy atom. The third kappa shape index (κ3) is 10.3. The van der Waals surface area contributed by atoms with Gasteiger partial charge in [-0.15, -0.1) is 35.5 Å². The molecule has 64 heavy (non-hydrogen) atoms. The Bertz CT molecular complexity index is 2360. The number of hydrogen-bond donors (Lipinski definition) is 2. The van der Waals surface area contributed by atoms with Crippen molar-refractivity contribution < 1.29 is 47.7 Å². The number of aryl methyl sites for hydroxylation is 2. The van der Waals surface area contributed by atoms with Gasteiger partial charge >= 0.3 is 0 Å². The Kier molecular flexibility index (Phi) is 14.6. The molecule has 4 fully saturated rings. The fourth-order valence-corrected chi connectivity index (χ4v) is 9.48. The van der Waals surface area contributed by atoms with E-state index in [1.165, 1.54) is 22.7 Å². The number of nitrogens with one attached hydrogen (secondary N) is 2. The summed E-state index contributed by atoms with van der Waals surface area (Å²) in [5, 5.41) is 5.82. The van der Waals surface area contributed by atoms with E-state index >= 15 is 0 Å². The number of Topliss-reactive ketones (excluding diaryl/α,β-unsaturated/α-hetero) is 2. The number of ether oxygens (including phenoxy) is 4. The van der Waals surface area contributed by atoms with Gasteiger partial charge in [0.1, 0.15) is 24.3 Å². The molecule has 8 rings (SSSR count). The first-order chi connectivity index (χ1) is 30.8. The van der Waals surface area contributed by atoms with Crippen LogP contribution in [-0.2, 0) is 51.0 Å². The maximum Gasteiger partial charge on any atom is 0.262 e. The molecule has 6 heterocycles. The third-order valence-corrected chi connectivity index (χ3v) is 13.6. The van der Waals surface area contributed by atoms with Crippen molar-refractivity contribution >= 4 is 69.2 Å². The van der Waals surface area contributed by atoms with Crippen LogP contribution in [0.2, 0.25) is 0 Å². The summed E-state index contributed by atoms with van der Waals surface area (Å²) in [6.45, 7) is 7.11. The molecule has 332 valence electrons. The molecule has 4 saturated heterocycles. The highest BCUT2D eigenvalue weighted by atomic mass is 32.1. The molecule has 14 nitrogen and oxygen atoms in total. The molecular weight excluding hydrogens is 857 g/mol. The number of nitrogens with zero attached hydrogens (tertiary/aromatic N) is 2. The first-order valence-electron chi connectivity index (χ1n) is 20.8. The Labute approximate surface area is 379 Å². The third-order valence-electron chi connectivity index (χ3n) is 11.6. The smallest absolute Gasteiger partial charge is 0.262 e. The van der Waals surface area contributed by atoms with Gasteiger partial charge in [0.25, 0.3) is 23.6 Å². The minimum absolute atomic E-state index is 0.0745. The highest BCUT2D eigenvalue weighted by molar-refractivity contribution is 7.14. The van der Waals surface area contributed by atoms with Crippen LogP contribution in [0.15, 0.2) is 60.7 Å². The van der Waals surface area contributed by atoms with Crippen LogP contribution in [0.1, 0.15) is 64.2 Å². The maximum absolute atomic E-state index is 13.3. The van der Waals surface area contributed by atoms with Gasteiger partial charge in [-0.1, -0.05) is 36.1 Å². The van der Waals surface area contributed by atoms with Crippen LogP contribution in [0.25, 0.3) is 0 Å². The van der Waals surface area contributed by atoms with E-state index in [2.05, 4.69) is 22.5 Å². The molecule has 4 aliphatic rings. The number of hydrogen-bond acceptors (Lipinski definition) is 12. The van der Waals surface area contributed by atoms with Crippen molar-refractivity contribution in [2.45, 2.75) is 50.6 Å². The van der Waals surface area contributed by atoms with E-state index in [1.54, 1.807) is 34.1 Å². The number of ketones is 2. The Morgan fingerprint density at radius 2 is 1.05 bits per heavy atom. The standard InChI is InChI=1S/2C24H24N2O5S/c2*1-3-18-5-7-20(32-18)23(29)25-24(8-10-31-15-24)21(27)13-17-4-6-19(16(2)12-17)26-9-11-30-14-22(26)28/h2*1,4-7,12H,8-11,13-15H2,2H3,(H,25,29)/t2*24-/m10/s1. The lowest BCUT2D eigenvalue weighted by molar-refractivity contribution is -0.126. The molecule has 4 aliphatic heterocycles. The fourth-order valence-electron chi connectivity index (χ4n) is 8.05. The van der Waals surface area contributed by atoms with Crippen LogP contribution in [0.5, 0.6) is 0 Å². The Morgan fingerprint density at radius 1 is 0.625 bits per heavy atom. The molecule has 2 aromatic carbocycles. The maximum atomic E-state index is 13.3. The minimum Gasteiger partial charge on any atom is -0.378 e. The van der Waals surface area contributed by atoms with Crippen molar-refractivity contribution in [2.24, 2.45) is 0 Å². The zero-order valence-corrected chi connectivity index (χ0v) is 37.3. The van der Waals surface area contributed by atoms with Crippen LogP contribution < -0.4 is 20.4 Å². The average molecular weight is 905 g/mol. The number of thiophene rings is 2. The van der Waals surface area contributed by atoms with E-state index in [9.17, 15) is 28.8 Å². The second kappa shape index (κ2) is 20.2. The first-order valence-corrected chi connectivity index (χ1v) is 22.4. The lowest BCUT2D eigenvalue weighted by Gasteiger charge is -2.29. The van der Waals surface area contributed by atoms with Crippen LogP contribution in [0.4, 0.5) is 11.4 Å². The van der Waals surface area contributed by atoms with Gasteiger partial charge in [0.2, 0.25) is 0 Å². The number of morpholine rings is 2. The summed E-state index contributed by atoms with van der Waals surface area (Å²) < 4.78 is 21.4. The lowest BCUT2D eigenvalue weighted by Crippen LogP contribution is -2.55.